The molecule has 0 spiro atoms. The van der Waals surface area contributed by atoms with Gasteiger partial charge < -0.3 is 5.32 Å². The molecule has 1 aliphatic carbocycles. The number of nitrogens with one attached hydrogen (secondary N) is 1. The molecule has 0 saturated heterocycles. The maximum absolute atomic E-state index is 3.75. The lowest BCUT2D eigenvalue weighted by Crippen LogP contribution is -2.31. The summed E-state index contributed by atoms with van der Waals surface area (Å²) in [5, 5.41) is 5.89. The first-order valence-corrected chi connectivity index (χ1v) is 7.97. The van der Waals surface area contributed by atoms with Crippen molar-refractivity contribution in [1.29, 1.82) is 0 Å². The standard InChI is InChI=1S/C15H16BrNS/c1-10(15-14(16)6-7-18-15)17-13-8-11-4-2-3-5-12(11)9-13/h2-7,10,13,17H,8-9H2,1H3. The highest BCUT2D eigenvalue weighted by atomic mass is 79.9. The minimum absolute atomic E-state index is 0.415. The summed E-state index contributed by atoms with van der Waals surface area (Å²) in [6.45, 7) is 2.25. The summed E-state index contributed by atoms with van der Waals surface area (Å²) >= 11 is 5.43. The fraction of sp³-hybridized carbons (Fsp3) is 0.333. The third kappa shape index (κ3) is 2.40. The molecule has 94 valence electrons. The summed E-state index contributed by atoms with van der Waals surface area (Å²) in [5.41, 5.74) is 3.01. The number of thiophene rings is 1. The number of fused-ring (bicyclic) bond motifs is 1. The van der Waals surface area contributed by atoms with Gasteiger partial charge in [-0.2, -0.15) is 0 Å². The van der Waals surface area contributed by atoms with Gasteiger partial charge in [0, 0.05) is 21.4 Å². The van der Waals surface area contributed by atoms with Crippen molar-refractivity contribution in [2.75, 3.05) is 0 Å². The van der Waals surface area contributed by atoms with Gasteiger partial charge in [0.15, 0.2) is 0 Å². The van der Waals surface area contributed by atoms with E-state index in [4.69, 9.17) is 0 Å². The first kappa shape index (κ1) is 12.4. The summed E-state index contributed by atoms with van der Waals surface area (Å²) < 4.78 is 1.23. The molecule has 0 fully saturated rings. The van der Waals surface area contributed by atoms with Crippen LogP contribution in [-0.4, -0.2) is 6.04 Å². The topological polar surface area (TPSA) is 12.0 Å². The van der Waals surface area contributed by atoms with E-state index in [1.165, 1.54) is 20.5 Å². The molecular weight excluding hydrogens is 306 g/mol. The predicted octanol–water partition coefficient (Wildman–Crippen LogP) is 4.33. The minimum atomic E-state index is 0.415. The van der Waals surface area contributed by atoms with Crippen LogP contribution < -0.4 is 5.32 Å². The van der Waals surface area contributed by atoms with Crippen molar-refractivity contribution < 1.29 is 0 Å². The van der Waals surface area contributed by atoms with Gasteiger partial charge in [-0.1, -0.05) is 24.3 Å². The van der Waals surface area contributed by atoms with E-state index in [1.807, 2.05) is 11.3 Å². The van der Waals surface area contributed by atoms with Crippen LogP contribution in [0, 0.1) is 0 Å². The molecule has 1 heterocycles. The maximum Gasteiger partial charge on any atom is 0.0399 e. The highest BCUT2D eigenvalue weighted by Gasteiger charge is 2.23. The van der Waals surface area contributed by atoms with E-state index >= 15 is 0 Å². The zero-order chi connectivity index (χ0) is 12.5. The summed E-state index contributed by atoms with van der Waals surface area (Å²) in [5.74, 6) is 0. The van der Waals surface area contributed by atoms with Crippen LogP contribution in [0.3, 0.4) is 0 Å². The van der Waals surface area contributed by atoms with E-state index < -0.39 is 0 Å². The Morgan fingerprint density at radius 3 is 2.44 bits per heavy atom. The first-order chi connectivity index (χ1) is 8.74. The number of hydrogen-bond donors (Lipinski definition) is 1. The third-order valence-electron chi connectivity index (χ3n) is 3.57. The Morgan fingerprint density at radius 2 is 1.89 bits per heavy atom. The molecule has 3 heteroatoms. The fourth-order valence-corrected chi connectivity index (χ4v) is 4.45. The van der Waals surface area contributed by atoms with E-state index in [-0.39, 0.29) is 0 Å². The molecule has 1 aliphatic rings. The van der Waals surface area contributed by atoms with Crippen LogP contribution in [0.15, 0.2) is 40.2 Å². The largest absolute Gasteiger partial charge is 0.306 e. The van der Waals surface area contributed by atoms with Crippen LogP contribution in [0.2, 0.25) is 0 Å². The van der Waals surface area contributed by atoms with Crippen molar-refractivity contribution >= 4 is 27.3 Å². The Morgan fingerprint density at radius 1 is 1.22 bits per heavy atom. The molecule has 1 atom stereocenters. The first-order valence-electron chi connectivity index (χ1n) is 6.30. The van der Waals surface area contributed by atoms with Gasteiger partial charge in [0.1, 0.15) is 0 Å². The minimum Gasteiger partial charge on any atom is -0.306 e. The van der Waals surface area contributed by atoms with E-state index in [9.17, 15) is 0 Å². The molecule has 0 amide bonds. The Hall–Kier alpha value is -0.640. The fourth-order valence-electron chi connectivity index (χ4n) is 2.72. The highest BCUT2D eigenvalue weighted by Crippen LogP contribution is 2.30. The van der Waals surface area contributed by atoms with Crippen LogP contribution in [0.25, 0.3) is 0 Å². The molecular formula is C15H16BrNS. The molecule has 2 aromatic rings. The van der Waals surface area contributed by atoms with E-state index in [1.54, 1.807) is 0 Å². The van der Waals surface area contributed by atoms with Crippen molar-refractivity contribution in [3.8, 4) is 0 Å². The smallest absolute Gasteiger partial charge is 0.0399 e. The zero-order valence-electron chi connectivity index (χ0n) is 10.3. The summed E-state index contributed by atoms with van der Waals surface area (Å²) in [7, 11) is 0. The average Bonchev–Trinajstić information content (AvgIpc) is 2.94. The van der Waals surface area contributed by atoms with Gasteiger partial charge in [0.05, 0.1) is 0 Å². The van der Waals surface area contributed by atoms with Crippen LogP contribution in [0.4, 0.5) is 0 Å². The normalized spacial score (nSPS) is 16.8. The molecule has 1 N–H and O–H groups in total. The number of hydrogen-bond acceptors (Lipinski definition) is 2. The molecule has 1 aromatic heterocycles. The molecule has 18 heavy (non-hydrogen) atoms. The van der Waals surface area contributed by atoms with Crippen LogP contribution >= 0.6 is 27.3 Å². The van der Waals surface area contributed by atoms with Gasteiger partial charge >= 0.3 is 0 Å². The second kappa shape index (κ2) is 5.16. The van der Waals surface area contributed by atoms with Crippen molar-refractivity contribution in [1.82, 2.24) is 5.32 Å². The molecule has 0 saturated carbocycles. The van der Waals surface area contributed by atoms with Crippen LogP contribution in [-0.2, 0) is 12.8 Å². The second-order valence-corrected chi connectivity index (χ2v) is 6.70. The lowest BCUT2D eigenvalue weighted by molar-refractivity contribution is 0.471. The number of halogens is 1. The van der Waals surface area contributed by atoms with Crippen LogP contribution in [0.5, 0.6) is 0 Å². The average molecular weight is 322 g/mol. The molecule has 0 radical (unpaired) electrons. The zero-order valence-corrected chi connectivity index (χ0v) is 12.7. The third-order valence-corrected chi connectivity index (χ3v) is 5.63. The van der Waals surface area contributed by atoms with Gasteiger partial charge in [0.2, 0.25) is 0 Å². The lowest BCUT2D eigenvalue weighted by atomic mass is 10.1. The summed E-state index contributed by atoms with van der Waals surface area (Å²) in [4.78, 5) is 1.39. The summed E-state index contributed by atoms with van der Waals surface area (Å²) in [6.07, 6.45) is 2.31. The Balaban J connectivity index is 1.68. The maximum atomic E-state index is 3.75. The predicted molar refractivity (Wildman–Crippen MR) is 81.2 cm³/mol. The molecule has 1 unspecified atom stereocenters. The lowest BCUT2D eigenvalue weighted by Gasteiger charge is -2.18. The van der Waals surface area contributed by atoms with Gasteiger partial charge in [-0.25, -0.2) is 0 Å². The molecule has 0 aliphatic heterocycles. The van der Waals surface area contributed by atoms with Gasteiger partial charge in [-0.3, -0.25) is 0 Å². The van der Waals surface area contributed by atoms with Crippen molar-refractivity contribution in [2.24, 2.45) is 0 Å². The van der Waals surface area contributed by atoms with E-state index in [2.05, 4.69) is 63.9 Å². The van der Waals surface area contributed by atoms with Crippen LogP contribution in [0.1, 0.15) is 29.0 Å². The van der Waals surface area contributed by atoms with E-state index in [0.29, 0.717) is 12.1 Å². The molecule has 0 bridgehead atoms. The second-order valence-electron chi connectivity index (χ2n) is 4.90. The van der Waals surface area contributed by atoms with Crippen molar-refractivity contribution in [3.63, 3.8) is 0 Å². The monoisotopic (exact) mass is 321 g/mol. The summed E-state index contributed by atoms with van der Waals surface area (Å²) in [6, 6.07) is 11.9. The SMILES string of the molecule is CC(NC1Cc2ccccc2C1)c1sccc1Br. The van der Waals surface area contributed by atoms with Crippen molar-refractivity contribution in [2.45, 2.75) is 31.8 Å². The Labute approximate surface area is 120 Å². The molecule has 1 nitrogen and oxygen atoms in total. The number of rotatable bonds is 3. The molecule has 3 rings (SSSR count). The molecule has 1 aromatic carbocycles. The van der Waals surface area contributed by atoms with Gasteiger partial charge in [0.25, 0.3) is 0 Å². The van der Waals surface area contributed by atoms with Gasteiger partial charge in [-0.05, 0) is 58.3 Å². The number of benzene rings is 1. The quantitative estimate of drug-likeness (QED) is 0.887. The Bertz CT molecular complexity index is 524. The Kier molecular flexibility index (Phi) is 3.55. The van der Waals surface area contributed by atoms with Gasteiger partial charge in [-0.15, -0.1) is 11.3 Å². The highest BCUT2D eigenvalue weighted by molar-refractivity contribution is 9.10. The van der Waals surface area contributed by atoms with E-state index in [0.717, 1.165) is 12.8 Å². The van der Waals surface area contributed by atoms with Crippen molar-refractivity contribution in [3.05, 3.63) is 56.2 Å².